The predicted octanol–water partition coefficient (Wildman–Crippen LogP) is 2.54. The third kappa shape index (κ3) is 2.01. The number of fused-ring (bicyclic) bond motifs is 3. The Morgan fingerprint density at radius 3 is 2.89 bits per heavy atom. The van der Waals surface area contributed by atoms with Crippen molar-refractivity contribution < 1.29 is 13.6 Å². The van der Waals surface area contributed by atoms with E-state index in [1.807, 2.05) is 0 Å². The lowest BCUT2D eigenvalue weighted by Crippen LogP contribution is -2.33. The van der Waals surface area contributed by atoms with Crippen LogP contribution in [0.15, 0.2) is 23.0 Å². The number of rotatable bonds is 2. The molecule has 134 valence electrons. The lowest BCUT2D eigenvalue weighted by Gasteiger charge is -2.09. The van der Waals surface area contributed by atoms with Crippen molar-refractivity contribution in [2.75, 3.05) is 0 Å². The van der Waals surface area contributed by atoms with Crippen molar-refractivity contribution in [3.63, 3.8) is 0 Å². The number of benzene rings is 1. The van der Waals surface area contributed by atoms with Crippen LogP contribution in [0.2, 0.25) is 0 Å². The molecule has 1 aliphatic carbocycles. The quantitative estimate of drug-likeness (QED) is 0.400. The second kappa shape index (κ2) is 5.01. The van der Waals surface area contributed by atoms with Crippen LogP contribution in [-0.4, -0.2) is 19.5 Å². The molecule has 0 unspecified atom stereocenters. The van der Waals surface area contributed by atoms with E-state index < -0.39 is 5.82 Å². The van der Waals surface area contributed by atoms with Gasteiger partial charge in [0.2, 0.25) is 17.4 Å². The molecular formula is C18H13FN6O2. The third-order valence-electron chi connectivity index (χ3n) is 5.25. The van der Waals surface area contributed by atoms with Gasteiger partial charge >= 0.3 is 0 Å². The van der Waals surface area contributed by atoms with E-state index in [0.717, 1.165) is 18.9 Å². The lowest BCUT2D eigenvalue weighted by molar-refractivity contribution is -0.583. The molecule has 0 N–H and O–H groups in total. The van der Waals surface area contributed by atoms with Crippen molar-refractivity contribution >= 4 is 16.6 Å². The summed E-state index contributed by atoms with van der Waals surface area (Å²) < 4.78 is 21.6. The summed E-state index contributed by atoms with van der Waals surface area (Å²) in [5, 5.41) is 26.1. The highest BCUT2D eigenvalue weighted by atomic mass is 19.1. The van der Waals surface area contributed by atoms with Crippen molar-refractivity contribution in [2.24, 2.45) is 0 Å². The molecule has 0 aliphatic heterocycles. The van der Waals surface area contributed by atoms with Crippen molar-refractivity contribution in [2.45, 2.75) is 32.1 Å². The maximum atomic E-state index is 14.0. The van der Waals surface area contributed by atoms with Crippen molar-refractivity contribution in [3.8, 4) is 17.6 Å². The number of aryl methyl sites for hydroxylation is 1. The molecule has 1 saturated carbocycles. The first-order valence-electron chi connectivity index (χ1n) is 8.40. The van der Waals surface area contributed by atoms with Crippen molar-refractivity contribution in [3.05, 3.63) is 46.6 Å². The molecule has 3 aromatic heterocycles. The molecule has 9 heteroatoms. The number of aromatic nitrogens is 5. The van der Waals surface area contributed by atoms with Gasteiger partial charge in [-0.3, -0.25) is 4.40 Å². The molecule has 4 aromatic rings. The van der Waals surface area contributed by atoms with E-state index in [0.29, 0.717) is 33.2 Å². The van der Waals surface area contributed by atoms with Gasteiger partial charge in [-0.25, -0.2) is 9.37 Å². The Bertz CT molecular complexity index is 1300. The zero-order chi connectivity index (χ0) is 18.9. The monoisotopic (exact) mass is 364 g/mol. The van der Waals surface area contributed by atoms with E-state index >= 15 is 0 Å². The Morgan fingerprint density at radius 1 is 1.41 bits per heavy atom. The van der Waals surface area contributed by atoms with Gasteiger partial charge in [-0.15, -0.1) is 0 Å². The van der Waals surface area contributed by atoms with E-state index in [2.05, 4.69) is 22.0 Å². The molecule has 1 aromatic carbocycles. The predicted molar refractivity (Wildman–Crippen MR) is 90.9 cm³/mol. The first-order chi connectivity index (χ1) is 12.9. The van der Waals surface area contributed by atoms with Gasteiger partial charge in [0.15, 0.2) is 5.56 Å². The molecule has 1 aliphatic rings. The molecule has 8 nitrogen and oxygen atoms in total. The molecule has 0 bridgehead atoms. The maximum absolute atomic E-state index is 14.0. The van der Waals surface area contributed by atoms with Gasteiger partial charge in [0.05, 0.1) is 0 Å². The largest absolute Gasteiger partial charge is 0.618 e. The fourth-order valence-corrected chi connectivity index (χ4v) is 3.33. The van der Waals surface area contributed by atoms with Crippen LogP contribution in [0, 0.1) is 29.3 Å². The van der Waals surface area contributed by atoms with Crippen LogP contribution in [0.3, 0.4) is 0 Å². The summed E-state index contributed by atoms with van der Waals surface area (Å²) in [5.74, 6) is 0.112. The second-order valence-electron chi connectivity index (χ2n) is 7.08. The van der Waals surface area contributed by atoms with Crippen LogP contribution < -0.4 is 4.73 Å². The summed E-state index contributed by atoms with van der Waals surface area (Å²) in [5.41, 5.74) is 1.11. The summed E-state index contributed by atoms with van der Waals surface area (Å²) in [4.78, 5) is 8.82. The smallest absolute Gasteiger partial charge is 0.262 e. The molecule has 0 atom stereocenters. The fourth-order valence-electron chi connectivity index (χ4n) is 3.33. The van der Waals surface area contributed by atoms with E-state index in [-0.39, 0.29) is 22.2 Å². The van der Waals surface area contributed by atoms with Gasteiger partial charge in [-0.05, 0) is 25.0 Å². The summed E-state index contributed by atoms with van der Waals surface area (Å²) in [6, 6.07) is 4.38. The van der Waals surface area contributed by atoms with Crippen LogP contribution >= 0.6 is 0 Å². The third-order valence-corrected chi connectivity index (χ3v) is 5.25. The topological polar surface area (TPSA) is 107 Å². The van der Waals surface area contributed by atoms with E-state index in [4.69, 9.17) is 4.52 Å². The average Bonchev–Trinajstić information content (AvgIpc) is 3.09. The molecular weight excluding hydrogens is 351 g/mol. The molecule has 27 heavy (non-hydrogen) atoms. The lowest BCUT2D eigenvalue weighted by atomic mass is 10.1. The van der Waals surface area contributed by atoms with Gasteiger partial charge < -0.3 is 9.73 Å². The van der Waals surface area contributed by atoms with Gasteiger partial charge in [-0.1, -0.05) is 12.1 Å². The Morgan fingerprint density at radius 2 is 2.19 bits per heavy atom. The van der Waals surface area contributed by atoms with Crippen LogP contribution in [0.5, 0.6) is 0 Å². The summed E-state index contributed by atoms with van der Waals surface area (Å²) in [6.07, 6.45) is 3.49. The standard InChI is InChI=1S/C18H13FN6O2/c1-9-14-13(16-22-17(27-23-16)18(2)5-6-18)21-8-24(14)12-4-3-11(19)10(7-20)15(12)25(9)26/h3-4,8H,5-6H2,1-2H3. The molecule has 5 rings (SSSR count). The highest BCUT2D eigenvalue weighted by Crippen LogP contribution is 2.47. The van der Waals surface area contributed by atoms with Crippen LogP contribution in [0.25, 0.3) is 28.1 Å². The number of imidazole rings is 1. The van der Waals surface area contributed by atoms with E-state index in [1.165, 1.54) is 12.4 Å². The molecule has 0 saturated heterocycles. The van der Waals surface area contributed by atoms with Crippen molar-refractivity contribution in [1.82, 2.24) is 19.5 Å². The van der Waals surface area contributed by atoms with Crippen LogP contribution in [0.4, 0.5) is 4.39 Å². The van der Waals surface area contributed by atoms with Gasteiger partial charge in [-0.2, -0.15) is 15.0 Å². The molecule has 0 spiro atoms. The van der Waals surface area contributed by atoms with E-state index in [9.17, 15) is 14.9 Å². The summed E-state index contributed by atoms with van der Waals surface area (Å²) in [6.45, 7) is 3.64. The van der Waals surface area contributed by atoms with Gasteiger partial charge in [0.1, 0.15) is 34.9 Å². The Hall–Kier alpha value is -3.54. The van der Waals surface area contributed by atoms with Crippen LogP contribution in [0.1, 0.15) is 36.9 Å². The Labute approximate surface area is 152 Å². The van der Waals surface area contributed by atoms with Gasteiger partial charge in [0.25, 0.3) is 5.52 Å². The Kier molecular flexibility index (Phi) is 2.91. The minimum absolute atomic E-state index is 0.0363. The van der Waals surface area contributed by atoms with Crippen molar-refractivity contribution in [1.29, 1.82) is 5.26 Å². The highest BCUT2D eigenvalue weighted by molar-refractivity contribution is 5.85. The second-order valence-corrected chi connectivity index (χ2v) is 7.08. The zero-order valence-electron chi connectivity index (χ0n) is 14.5. The summed E-state index contributed by atoms with van der Waals surface area (Å²) >= 11 is 0. The zero-order valence-corrected chi connectivity index (χ0v) is 14.5. The number of nitriles is 1. The number of hydrogen-bond acceptors (Lipinski definition) is 6. The number of nitrogens with zero attached hydrogens (tertiary/aromatic N) is 6. The normalized spacial score (nSPS) is 15.3. The molecule has 0 radical (unpaired) electrons. The summed E-state index contributed by atoms with van der Waals surface area (Å²) in [7, 11) is 0. The van der Waals surface area contributed by atoms with Crippen LogP contribution in [-0.2, 0) is 5.41 Å². The highest BCUT2D eigenvalue weighted by Gasteiger charge is 2.44. The van der Waals surface area contributed by atoms with E-state index in [1.54, 1.807) is 17.4 Å². The minimum atomic E-state index is -0.742. The fraction of sp³-hybridized carbons (Fsp3) is 0.278. The molecule has 3 heterocycles. The molecule has 0 amide bonds. The maximum Gasteiger partial charge on any atom is 0.262 e. The molecule has 1 fully saturated rings. The SMILES string of the molecule is Cc1c2c(-c3noc(C4(C)CC4)n3)ncn2c2ccc(F)c(C#N)c2[n+]1[O-]. The number of hydrogen-bond donors (Lipinski definition) is 0. The first kappa shape index (κ1) is 15.7. The minimum Gasteiger partial charge on any atom is -0.618 e. The average molecular weight is 364 g/mol. The first-order valence-corrected chi connectivity index (χ1v) is 8.40. The number of halogens is 1. The Balaban J connectivity index is 1.82. The van der Waals surface area contributed by atoms with Gasteiger partial charge in [0, 0.05) is 12.3 Å².